The lowest BCUT2D eigenvalue weighted by Crippen LogP contribution is -2.53. The van der Waals surface area contributed by atoms with Crippen LogP contribution in [0.1, 0.15) is 79.0 Å². The number of rotatable bonds is 10. The quantitative estimate of drug-likeness (QED) is 0.194. The zero-order valence-corrected chi connectivity index (χ0v) is 22.8. The van der Waals surface area contributed by atoms with Crippen LogP contribution in [0.25, 0.3) is 0 Å². The van der Waals surface area contributed by atoms with Crippen molar-refractivity contribution >= 4 is 35.7 Å². The summed E-state index contributed by atoms with van der Waals surface area (Å²) >= 11 is 6.74. The molecule has 2 saturated carbocycles. The molecule has 2 aliphatic carbocycles. The van der Waals surface area contributed by atoms with Gasteiger partial charge in [-0.15, -0.1) is 0 Å². The minimum absolute atomic E-state index is 0.0809. The number of amidine groups is 1. The first kappa shape index (κ1) is 27.3. The third-order valence-corrected chi connectivity index (χ3v) is 8.61. The molecule has 3 N–H and O–H groups in total. The molecule has 198 valence electrons. The fourth-order valence-corrected chi connectivity index (χ4v) is 5.99. The van der Waals surface area contributed by atoms with E-state index in [0.29, 0.717) is 17.1 Å². The number of halogens is 2. The molecule has 0 unspecified atom stereocenters. The maximum Gasteiger partial charge on any atom is 0.150 e. The summed E-state index contributed by atoms with van der Waals surface area (Å²) in [7, 11) is 3.58. The van der Waals surface area contributed by atoms with Gasteiger partial charge in [0.25, 0.3) is 0 Å². The molecule has 2 aromatic carbocycles. The minimum Gasteiger partial charge on any atom is -0.370 e. The van der Waals surface area contributed by atoms with Gasteiger partial charge in [-0.2, -0.15) is 0 Å². The molecule has 2 fully saturated rings. The van der Waals surface area contributed by atoms with Crippen LogP contribution in [-0.4, -0.2) is 49.2 Å². The lowest BCUT2D eigenvalue weighted by Gasteiger charge is -2.46. The predicted octanol–water partition coefficient (Wildman–Crippen LogP) is 6.27. The summed E-state index contributed by atoms with van der Waals surface area (Å²) in [5, 5.41) is 20.4. The van der Waals surface area contributed by atoms with Gasteiger partial charge in [0.05, 0.1) is 11.8 Å². The number of alkyl halides is 1. The Balaban J connectivity index is 1.57. The molecule has 0 amide bonds. The van der Waals surface area contributed by atoms with Crippen LogP contribution in [0.4, 0.5) is 10.1 Å². The van der Waals surface area contributed by atoms with Gasteiger partial charge in [-0.25, -0.2) is 4.39 Å². The van der Waals surface area contributed by atoms with E-state index >= 15 is 0 Å². The molecule has 2 aromatic rings. The summed E-state index contributed by atoms with van der Waals surface area (Å²) in [6.07, 6.45) is 4.98. The van der Waals surface area contributed by atoms with Crippen molar-refractivity contribution in [3.8, 4) is 0 Å². The number of hydrogen-bond donors (Lipinski definition) is 3. The molecule has 1 atom stereocenters. The van der Waals surface area contributed by atoms with Crippen LogP contribution in [-0.2, 0) is 12.0 Å². The van der Waals surface area contributed by atoms with Crippen LogP contribution in [0.3, 0.4) is 0 Å². The van der Waals surface area contributed by atoms with E-state index in [9.17, 15) is 9.18 Å². The highest BCUT2D eigenvalue weighted by Gasteiger charge is 2.50. The van der Waals surface area contributed by atoms with Crippen molar-refractivity contribution in [1.82, 2.24) is 10.2 Å². The predicted molar refractivity (Wildman–Crippen MR) is 149 cm³/mol. The number of hydrogen-bond acceptors (Lipinski definition) is 5. The van der Waals surface area contributed by atoms with E-state index in [2.05, 4.69) is 19.2 Å². The Kier molecular flexibility index (Phi) is 7.77. The van der Waals surface area contributed by atoms with E-state index in [1.807, 2.05) is 48.3 Å². The highest BCUT2D eigenvalue weighted by molar-refractivity contribution is 6.31. The smallest absolute Gasteiger partial charge is 0.150 e. The molecule has 0 aliphatic heterocycles. The number of aldehydes is 1. The summed E-state index contributed by atoms with van der Waals surface area (Å²) in [6.45, 7) is 4.76. The maximum absolute atomic E-state index is 14.1. The monoisotopic (exact) mass is 525 g/mol. The van der Waals surface area contributed by atoms with Crippen molar-refractivity contribution in [3.05, 3.63) is 63.7 Å². The third-order valence-electron chi connectivity index (χ3n) is 8.28. The van der Waals surface area contributed by atoms with E-state index in [1.54, 1.807) is 7.05 Å². The van der Waals surface area contributed by atoms with E-state index in [-0.39, 0.29) is 30.3 Å². The first-order chi connectivity index (χ1) is 17.5. The first-order valence-electron chi connectivity index (χ1n) is 12.9. The van der Waals surface area contributed by atoms with Gasteiger partial charge in [-0.1, -0.05) is 23.7 Å². The lowest BCUT2D eigenvalue weighted by molar-refractivity contribution is 0.112. The van der Waals surface area contributed by atoms with Gasteiger partial charge in [0.15, 0.2) is 0 Å². The average Bonchev–Trinajstić information content (AvgIpc) is 2.85. The average molecular weight is 526 g/mol. The van der Waals surface area contributed by atoms with Crippen LogP contribution in [0.2, 0.25) is 5.02 Å². The van der Waals surface area contributed by atoms with E-state index < -0.39 is 11.6 Å². The van der Waals surface area contributed by atoms with Crippen molar-refractivity contribution in [3.63, 3.8) is 0 Å². The molecular formula is C29H37ClFN5O. The Hall–Kier alpha value is -2.77. The first-order valence-corrected chi connectivity index (χ1v) is 13.2. The molecule has 0 radical (unpaired) electrons. The van der Waals surface area contributed by atoms with E-state index in [1.165, 1.54) is 11.3 Å². The van der Waals surface area contributed by atoms with Gasteiger partial charge < -0.3 is 15.1 Å². The van der Waals surface area contributed by atoms with Gasteiger partial charge in [0.2, 0.25) is 0 Å². The number of carbonyl (C=O) groups is 1. The Morgan fingerprint density at radius 2 is 1.97 bits per heavy atom. The summed E-state index contributed by atoms with van der Waals surface area (Å²) in [6, 6.07) is 11.7. The molecular weight excluding hydrogens is 489 g/mol. The van der Waals surface area contributed by atoms with Crippen LogP contribution in [0, 0.1) is 10.8 Å². The molecule has 0 heterocycles. The SMILES string of the molecule is C[C@H](NC1(C)CCC1)c1cc(Cl)c(CN(C)c2cccc([C@]3(C(=N)N(C)C=N)C[C@@H](F)C3)c2)c(C=O)c1. The standard InChI is InChI=1S/C29H37ClFN5O/c1-19(34-28(2)9-6-10-28)20-11-21(17-37)25(26(30)12-20)16-35(3)24-8-5-7-22(13-24)29(14-23(31)15-29)27(33)36(4)18-32/h5,7-8,11-13,17-19,23,32-34H,6,9-10,14-16H2,1-4H3/t19-,23-,29+/m0/s1. The Labute approximate surface area is 224 Å². The third kappa shape index (κ3) is 5.30. The highest BCUT2D eigenvalue weighted by Crippen LogP contribution is 2.47. The van der Waals surface area contributed by atoms with Crippen molar-refractivity contribution in [2.45, 2.75) is 75.7 Å². The fourth-order valence-electron chi connectivity index (χ4n) is 5.69. The Morgan fingerprint density at radius 3 is 2.54 bits per heavy atom. The fraction of sp³-hybridized carbons (Fsp3) is 0.483. The largest absolute Gasteiger partial charge is 0.370 e. The van der Waals surface area contributed by atoms with E-state index in [0.717, 1.165) is 47.8 Å². The molecule has 0 spiro atoms. The zero-order chi connectivity index (χ0) is 27.0. The number of nitrogens with zero attached hydrogens (tertiary/aromatic N) is 2. The van der Waals surface area contributed by atoms with Crippen molar-refractivity contribution in [2.24, 2.45) is 0 Å². The van der Waals surface area contributed by atoms with Crippen molar-refractivity contribution in [1.29, 1.82) is 10.8 Å². The summed E-state index contributed by atoms with van der Waals surface area (Å²) in [5.74, 6) is 0.219. The normalized spacial score (nSPS) is 22.8. The Bertz CT molecular complexity index is 1190. The summed E-state index contributed by atoms with van der Waals surface area (Å²) < 4.78 is 14.1. The molecule has 37 heavy (non-hydrogen) atoms. The molecule has 0 aromatic heterocycles. The molecule has 4 rings (SSSR count). The highest BCUT2D eigenvalue weighted by atomic mass is 35.5. The van der Waals surface area contributed by atoms with Crippen LogP contribution < -0.4 is 10.2 Å². The van der Waals surface area contributed by atoms with Crippen LogP contribution in [0.15, 0.2) is 36.4 Å². The zero-order valence-electron chi connectivity index (χ0n) is 22.1. The van der Waals surface area contributed by atoms with Crippen LogP contribution in [0.5, 0.6) is 0 Å². The molecule has 2 aliphatic rings. The number of nitrogens with one attached hydrogen (secondary N) is 3. The van der Waals surface area contributed by atoms with Gasteiger partial charge in [-0.05, 0) is 81.3 Å². The maximum atomic E-state index is 14.1. The Morgan fingerprint density at radius 1 is 1.27 bits per heavy atom. The second-order valence-corrected chi connectivity index (χ2v) is 11.5. The number of anilines is 1. The van der Waals surface area contributed by atoms with Crippen LogP contribution >= 0.6 is 11.6 Å². The lowest BCUT2D eigenvalue weighted by atomic mass is 9.62. The van der Waals surface area contributed by atoms with E-state index in [4.69, 9.17) is 22.4 Å². The van der Waals surface area contributed by atoms with Crippen molar-refractivity contribution < 1.29 is 9.18 Å². The second-order valence-electron chi connectivity index (χ2n) is 11.1. The molecule has 0 bridgehead atoms. The van der Waals surface area contributed by atoms with Gasteiger partial charge in [0.1, 0.15) is 18.3 Å². The number of benzene rings is 2. The topological polar surface area (TPSA) is 83.3 Å². The van der Waals surface area contributed by atoms with Gasteiger partial charge >= 0.3 is 0 Å². The molecule has 6 nitrogen and oxygen atoms in total. The number of likely N-dealkylation sites (N-methyl/N-ethyl adjacent to an activating group) is 1. The summed E-state index contributed by atoms with van der Waals surface area (Å²) in [4.78, 5) is 15.5. The van der Waals surface area contributed by atoms with Gasteiger partial charge in [-0.3, -0.25) is 15.6 Å². The number of carbonyl (C=O) groups excluding carboxylic acids is 1. The second kappa shape index (κ2) is 10.5. The molecule has 8 heteroatoms. The summed E-state index contributed by atoms with van der Waals surface area (Å²) in [5.41, 5.74) is 3.45. The van der Waals surface area contributed by atoms with Gasteiger partial charge in [0, 0.05) is 54.1 Å². The minimum atomic E-state index is -0.961. The van der Waals surface area contributed by atoms with Crippen molar-refractivity contribution in [2.75, 3.05) is 19.0 Å². The molecule has 0 saturated heterocycles.